The Balaban J connectivity index is 2.68. The van der Waals surface area contributed by atoms with Gasteiger partial charge in [0.05, 0.1) is 0 Å². The molecule has 0 amide bonds. The van der Waals surface area contributed by atoms with Crippen LogP contribution in [0.25, 0.3) is 0 Å². The fourth-order valence-corrected chi connectivity index (χ4v) is 1.37. The fraction of sp³-hybridized carbons (Fsp3) is 0.583. The monoisotopic (exact) mass is 237 g/mol. The molecule has 5 nitrogen and oxygen atoms in total. The van der Waals surface area contributed by atoms with Crippen LogP contribution in [-0.2, 0) is 4.79 Å². The molecule has 1 aromatic heterocycles. The van der Waals surface area contributed by atoms with E-state index >= 15 is 0 Å². The van der Waals surface area contributed by atoms with Crippen LogP contribution in [0.2, 0.25) is 0 Å². The molecule has 94 valence electrons. The van der Waals surface area contributed by atoms with Gasteiger partial charge >= 0.3 is 5.97 Å². The molecule has 0 atom stereocenters. The van der Waals surface area contributed by atoms with Crippen LogP contribution in [0.5, 0.6) is 0 Å². The predicted octanol–water partition coefficient (Wildman–Crippen LogP) is 2.15. The normalized spacial score (nSPS) is 11.3. The molecule has 0 saturated carbocycles. The number of rotatable bonds is 5. The van der Waals surface area contributed by atoms with Gasteiger partial charge in [-0.05, 0) is 39.7 Å². The second-order valence-electron chi connectivity index (χ2n) is 4.86. The highest BCUT2D eigenvalue weighted by Gasteiger charge is 2.20. The summed E-state index contributed by atoms with van der Waals surface area (Å²) < 4.78 is 0. The molecule has 0 spiro atoms. The third-order valence-corrected chi connectivity index (χ3v) is 2.64. The lowest BCUT2D eigenvalue weighted by Crippen LogP contribution is -2.32. The highest BCUT2D eigenvalue weighted by atomic mass is 16.4. The van der Waals surface area contributed by atoms with Crippen LogP contribution >= 0.6 is 0 Å². The van der Waals surface area contributed by atoms with Gasteiger partial charge in [0.25, 0.3) is 0 Å². The summed E-state index contributed by atoms with van der Waals surface area (Å²) in [7, 11) is 0. The fourth-order valence-electron chi connectivity index (χ4n) is 1.37. The zero-order chi connectivity index (χ0) is 13.1. The Hall–Kier alpha value is -1.65. The molecule has 5 heteroatoms. The molecule has 0 saturated heterocycles. The van der Waals surface area contributed by atoms with Gasteiger partial charge in [0.15, 0.2) is 0 Å². The average Bonchev–Trinajstić information content (AvgIpc) is 2.21. The van der Waals surface area contributed by atoms with Crippen LogP contribution in [-0.4, -0.2) is 26.6 Å². The quantitative estimate of drug-likeness (QED) is 0.820. The molecule has 0 aromatic carbocycles. The minimum Gasteiger partial charge on any atom is -0.481 e. The van der Waals surface area contributed by atoms with E-state index in [1.165, 1.54) is 0 Å². The van der Waals surface area contributed by atoms with Crippen molar-refractivity contribution in [1.82, 2.24) is 9.97 Å². The van der Waals surface area contributed by atoms with Gasteiger partial charge in [-0.3, -0.25) is 4.79 Å². The summed E-state index contributed by atoms with van der Waals surface area (Å²) >= 11 is 0. The Bertz CT molecular complexity index is 416. The van der Waals surface area contributed by atoms with Gasteiger partial charge in [0.2, 0.25) is 5.95 Å². The van der Waals surface area contributed by atoms with Gasteiger partial charge in [0, 0.05) is 23.9 Å². The zero-order valence-electron chi connectivity index (χ0n) is 10.7. The summed E-state index contributed by atoms with van der Waals surface area (Å²) in [6.45, 7) is 7.75. The highest BCUT2D eigenvalue weighted by molar-refractivity contribution is 5.66. The van der Waals surface area contributed by atoms with Crippen molar-refractivity contribution in [2.24, 2.45) is 0 Å². The van der Waals surface area contributed by atoms with Crippen molar-refractivity contribution < 1.29 is 9.90 Å². The van der Waals surface area contributed by atoms with Gasteiger partial charge in [-0.1, -0.05) is 0 Å². The van der Waals surface area contributed by atoms with Gasteiger partial charge in [0.1, 0.15) is 0 Å². The molecule has 0 aliphatic carbocycles. The molecule has 0 radical (unpaired) electrons. The number of nitrogens with zero attached hydrogens (tertiary/aromatic N) is 2. The smallest absolute Gasteiger partial charge is 0.303 e. The average molecular weight is 237 g/mol. The van der Waals surface area contributed by atoms with Gasteiger partial charge in [-0.15, -0.1) is 0 Å². The Morgan fingerprint density at radius 1 is 1.47 bits per heavy atom. The predicted molar refractivity (Wildman–Crippen MR) is 66.1 cm³/mol. The summed E-state index contributed by atoms with van der Waals surface area (Å²) in [5, 5.41) is 11.8. The SMILES string of the molecule is Cc1cnc(NC(C)(C)CCC(=O)O)nc1C. The molecule has 0 bridgehead atoms. The van der Waals surface area contributed by atoms with E-state index in [0.29, 0.717) is 12.4 Å². The molecular weight excluding hydrogens is 218 g/mol. The van der Waals surface area contributed by atoms with E-state index in [1.54, 1.807) is 6.20 Å². The summed E-state index contributed by atoms with van der Waals surface area (Å²) in [5.41, 5.74) is 1.63. The van der Waals surface area contributed by atoms with Gasteiger partial charge < -0.3 is 10.4 Å². The van der Waals surface area contributed by atoms with E-state index in [9.17, 15) is 4.79 Å². The number of aromatic nitrogens is 2. The van der Waals surface area contributed by atoms with E-state index in [2.05, 4.69) is 15.3 Å². The Kier molecular flexibility index (Phi) is 4.04. The van der Waals surface area contributed by atoms with Crippen LogP contribution in [0.3, 0.4) is 0 Å². The van der Waals surface area contributed by atoms with E-state index in [0.717, 1.165) is 11.3 Å². The first-order chi connectivity index (χ1) is 7.80. The standard InChI is InChI=1S/C12H19N3O2/c1-8-7-13-11(14-9(8)2)15-12(3,4)6-5-10(16)17/h7H,5-6H2,1-4H3,(H,16,17)(H,13,14,15). The van der Waals surface area contributed by atoms with E-state index in [-0.39, 0.29) is 12.0 Å². The van der Waals surface area contributed by atoms with Gasteiger partial charge in [-0.2, -0.15) is 0 Å². The first kappa shape index (κ1) is 13.4. The number of carbonyl (C=O) groups is 1. The molecular formula is C12H19N3O2. The molecule has 17 heavy (non-hydrogen) atoms. The Labute approximate surface area is 101 Å². The molecule has 0 aliphatic heterocycles. The maximum atomic E-state index is 10.5. The zero-order valence-corrected chi connectivity index (χ0v) is 10.7. The van der Waals surface area contributed by atoms with E-state index in [4.69, 9.17) is 5.11 Å². The molecule has 0 unspecified atom stereocenters. The van der Waals surface area contributed by atoms with Crippen LogP contribution in [0.1, 0.15) is 37.9 Å². The van der Waals surface area contributed by atoms with Crippen LogP contribution < -0.4 is 5.32 Å². The first-order valence-electron chi connectivity index (χ1n) is 5.60. The molecule has 1 heterocycles. The Morgan fingerprint density at radius 3 is 2.65 bits per heavy atom. The van der Waals surface area contributed by atoms with Crippen molar-refractivity contribution in [3.05, 3.63) is 17.5 Å². The molecule has 1 rings (SSSR count). The number of aryl methyl sites for hydroxylation is 2. The number of anilines is 1. The summed E-state index contributed by atoms with van der Waals surface area (Å²) in [4.78, 5) is 19.0. The summed E-state index contributed by atoms with van der Waals surface area (Å²) in [6.07, 6.45) is 2.42. The molecule has 0 aliphatic rings. The Morgan fingerprint density at radius 2 is 2.12 bits per heavy atom. The summed E-state index contributed by atoms with van der Waals surface area (Å²) in [6, 6.07) is 0. The maximum Gasteiger partial charge on any atom is 0.303 e. The minimum absolute atomic E-state index is 0.130. The van der Waals surface area contributed by atoms with E-state index in [1.807, 2.05) is 27.7 Å². The van der Waals surface area contributed by atoms with Crippen molar-refractivity contribution in [2.75, 3.05) is 5.32 Å². The van der Waals surface area contributed by atoms with Crippen molar-refractivity contribution in [1.29, 1.82) is 0 Å². The number of hydrogen-bond acceptors (Lipinski definition) is 4. The number of carboxylic acids is 1. The second-order valence-corrected chi connectivity index (χ2v) is 4.86. The number of nitrogens with one attached hydrogen (secondary N) is 1. The van der Waals surface area contributed by atoms with Crippen LogP contribution in [0.4, 0.5) is 5.95 Å². The number of hydrogen-bond donors (Lipinski definition) is 2. The van der Waals surface area contributed by atoms with Crippen LogP contribution in [0.15, 0.2) is 6.20 Å². The van der Waals surface area contributed by atoms with Crippen molar-refractivity contribution in [3.63, 3.8) is 0 Å². The second kappa shape index (κ2) is 5.12. The first-order valence-corrected chi connectivity index (χ1v) is 5.60. The topological polar surface area (TPSA) is 75.1 Å². The molecule has 1 aromatic rings. The maximum absolute atomic E-state index is 10.5. The highest BCUT2D eigenvalue weighted by Crippen LogP contribution is 2.17. The molecule has 2 N–H and O–H groups in total. The third-order valence-electron chi connectivity index (χ3n) is 2.64. The lowest BCUT2D eigenvalue weighted by Gasteiger charge is -2.25. The minimum atomic E-state index is -0.791. The van der Waals surface area contributed by atoms with E-state index < -0.39 is 5.97 Å². The lowest BCUT2D eigenvalue weighted by atomic mass is 9.99. The lowest BCUT2D eigenvalue weighted by molar-refractivity contribution is -0.137. The van der Waals surface area contributed by atoms with Gasteiger partial charge in [-0.25, -0.2) is 9.97 Å². The van der Waals surface area contributed by atoms with Crippen molar-refractivity contribution in [2.45, 2.75) is 46.1 Å². The molecule has 0 fully saturated rings. The van der Waals surface area contributed by atoms with Crippen molar-refractivity contribution in [3.8, 4) is 0 Å². The van der Waals surface area contributed by atoms with Crippen molar-refractivity contribution >= 4 is 11.9 Å². The third kappa shape index (κ3) is 4.38. The largest absolute Gasteiger partial charge is 0.481 e. The summed E-state index contributed by atoms with van der Waals surface area (Å²) in [5.74, 6) is -0.246. The number of aliphatic carboxylic acids is 1. The number of carboxylic acid groups (broad SMARTS) is 1. The van der Waals surface area contributed by atoms with Crippen LogP contribution in [0, 0.1) is 13.8 Å².